The van der Waals surface area contributed by atoms with Gasteiger partial charge in [-0.2, -0.15) is 0 Å². The van der Waals surface area contributed by atoms with Gasteiger partial charge in [-0.1, -0.05) is 13.0 Å². The summed E-state index contributed by atoms with van der Waals surface area (Å²) in [5, 5.41) is 9.01. The molecule has 0 fully saturated rings. The third-order valence-corrected chi connectivity index (χ3v) is 4.32. The van der Waals surface area contributed by atoms with Crippen LogP contribution in [-0.4, -0.2) is 26.2 Å². The molecule has 96 valence electrons. The number of sulfonamides is 1. The zero-order valence-corrected chi connectivity index (χ0v) is 10.8. The Morgan fingerprint density at radius 1 is 1.47 bits per heavy atom. The van der Waals surface area contributed by atoms with Crippen LogP contribution in [0.15, 0.2) is 23.1 Å². The zero-order valence-electron chi connectivity index (χ0n) is 9.97. The molecule has 1 aromatic rings. The number of nitrogen functional groups attached to an aromatic ring is 1. The first kappa shape index (κ1) is 14.0. The zero-order chi connectivity index (χ0) is 13.1. The van der Waals surface area contributed by atoms with Crippen LogP contribution < -0.4 is 10.5 Å². The molecule has 17 heavy (non-hydrogen) atoms. The van der Waals surface area contributed by atoms with Crippen molar-refractivity contribution < 1.29 is 13.5 Å². The average Bonchev–Trinajstić information content (AvgIpc) is 2.29. The summed E-state index contributed by atoms with van der Waals surface area (Å²) < 4.78 is 26.6. The Bertz CT molecular complexity index is 481. The summed E-state index contributed by atoms with van der Waals surface area (Å²) in [4.78, 5) is 0.157. The van der Waals surface area contributed by atoms with Crippen molar-refractivity contribution in [2.24, 2.45) is 0 Å². The third kappa shape index (κ3) is 3.18. The summed E-state index contributed by atoms with van der Waals surface area (Å²) in [5.74, 6) is 0. The van der Waals surface area contributed by atoms with Gasteiger partial charge in [0.25, 0.3) is 0 Å². The maximum Gasteiger partial charge on any atom is 0.241 e. The van der Waals surface area contributed by atoms with Crippen LogP contribution in [0, 0.1) is 6.92 Å². The van der Waals surface area contributed by atoms with Gasteiger partial charge < -0.3 is 10.8 Å². The second-order valence-electron chi connectivity index (χ2n) is 3.88. The predicted octanol–water partition coefficient (Wildman–Crippen LogP) is 0.626. The largest absolute Gasteiger partial charge is 0.398 e. The minimum absolute atomic E-state index is 0.157. The molecule has 4 N–H and O–H groups in total. The number of hydrogen-bond donors (Lipinski definition) is 3. The SMILES string of the molecule is CCC(CO)NS(=O)(=O)c1cccc(N)c1C. The molecule has 5 nitrogen and oxygen atoms in total. The van der Waals surface area contributed by atoms with Crippen molar-refractivity contribution in [2.75, 3.05) is 12.3 Å². The fourth-order valence-electron chi connectivity index (χ4n) is 1.46. The van der Waals surface area contributed by atoms with E-state index in [2.05, 4.69) is 4.72 Å². The van der Waals surface area contributed by atoms with Crippen LogP contribution in [0.5, 0.6) is 0 Å². The van der Waals surface area contributed by atoms with E-state index in [0.717, 1.165) is 0 Å². The highest BCUT2D eigenvalue weighted by molar-refractivity contribution is 7.89. The minimum atomic E-state index is -3.63. The summed E-state index contributed by atoms with van der Waals surface area (Å²) in [6.07, 6.45) is 0.525. The van der Waals surface area contributed by atoms with Gasteiger partial charge in [-0.05, 0) is 31.0 Å². The van der Waals surface area contributed by atoms with Crippen LogP contribution in [0.4, 0.5) is 5.69 Å². The Labute approximate surface area is 102 Å². The molecule has 0 aliphatic rings. The van der Waals surface area contributed by atoms with Crippen LogP contribution in [0.25, 0.3) is 0 Å². The molecule has 1 rings (SSSR count). The van der Waals surface area contributed by atoms with E-state index in [-0.39, 0.29) is 11.5 Å². The van der Waals surface area contributed by atoms with Crippen molar-refractivity contribution >= 4 is 15.7 Å². The number of aliphatic hydroxyl groups excluding tert-OH is 1. The Morgan fingerprint density at radius 3 is 2.65 bits per heavy atom. The molecule has 0 spiro atoms. The standard InChI is InChI=1S/C11H18N2O3S/c1-3-9(7-14)13-17(15,16)11-6-4-5-10(12)8(11)2/h4-6,9,13-14H,3,7,12H2,1-2H3. The number of rotatable bonds is 5. The first-order chi connectivity index (χ1) is 7.92. The van der Waals surface area contributed by atoms with E-state index in [1.54, 1.807) is 26.0 Å². The van der Waals surface area contributed by atoms with E-state index in [9.17, 15) is 8.42 Å². The van der Waals surface area contributed by atoms with E-state index in [1.807, 2.05) is 0 Å². The second-order valence-corrected chi connectivity index (χ2v) is 5.56. The Balaban J connectivity index is 3.09. The van der Waals surface area contributed by atoms with Crippen LogP contribution >= 0.6 is 0 Å². The lowest BCUT2D eigenvalue weighted by Crippen LogP contribution is -2.37. The quantitative estimate of drug-likeness (QED) is 0.675. The second kappa shape index (κ2) is 5.48. The molecule has 0 aromatic heterocycles. The lowest BCUT2D eigenvalue weighted by molar-refractivity contribution is 0.254. The van der Waals surface area contributed by atoms with Crippen molar-refractivity contribution in [2.45, 2.75) is 31.2 Å². The van der Waals surface area contributed by atoms with E-state index in [4.69, 9.17) is 10.8 Å². The maximum atomic E-state index is 12.1. The minimum Gasteiger partial charge on any atom is -0.398 e. The Morgan fingerprint density at radius 2 is 2.12 bits per heavy atom. The molecular weight excluding hydrogens is 240 g/mol. The predicted molar refractivity (Wildman–Crippen MR) is 67.1 cm³/mol. The molecule has 0 heterocycles. The lowest BCUT2D eigenvalue weighted by Gasteiger charge is -2.16. The fourth-order valence-corrected chi connectivity index (χ4v) is 3.04. The number of benzene rings is 1. The van der Waals surface area contributed by atoms with Crippen molar-refractivity contribution in [3.8, 4) is 0 Å². The first-order valence-corrected chi connectivity index (χ1v) is 6.89. The molecule has 6 heteroatoms. The summed E-state index contributed by atoms with van der Waals surface area (Å²) >= 11 is 0. The number of nitrogens with one attached hydrogen (secondary N) is 1. The highest BCUT2D eigenvalue weighted by Crippen LogP contribution is 2.20. The molecular formula is C11H18N2O3S. The smallest absolute Gasteiger partial charge is 0.241 e. The van der Waals surface area contributed by atoms with Gasteiger partial charge in [0.1, 0.15) is 0 Å². The molecule has 0 amide bonds. The van der Waals surface area contributed by atoms with Crippen molar-refractivity contribution in [3.63, 3.8) is 0 Å². The fraction of sp³-hybridized carbons (Fsp3) is 0.455. The van der Waals surface area contributed by atoms with Crippen LogP contribution in [0.1, 0.15) is 18.9 Å². The highest BCUT2D eigenvalue weighted by Gasteiger charge is 2.20. The van der Waals surface area contributed by atoms with Crippen LogP contribution in [-0.2, 0) is 10.0 Å². The Kier molecular flexibility index (Phi) is 4.50. The number of hydrogen-bond acceptors (Lipinski definition) is 4. The maximum absolute atomic E-state index is 12.1. The molecule has 0 radical (unpaired) electrons. The van der Waals surface area contributed by atoms with Gasteiger partial charge in [-0.25, -0.2) is 13.1 Å². The van der Waals surface area contributed by atoms with E-state index in [0.29, 0.717) is 17.7 Å². The van der Waals surface area contributed by atoms with Gasteiger partial charge in [-0.3, -0.25) is 0 Å². The third-order valence-electron chi connectivity index (χ3n) is 2.65. The van der Waals surface area contributed by atoms with Gasteiger partial charge in [0.2, 0.25) is 10.0 Å². The van der Waals surface area contributed by atoms with Crippen LogP contribution in [0.2, 0.25) is 0 Å². The topological polar surface area (TPSA) is 92.4 Å². The summed E-state index contributed by atoms with van der Waals surface area (Å²) in [6, 6.07) is 4.27. The lowest BCUT2D eigenvalue weighted by atomic mass is 10.2. The Hall–Kier alpha value is -1.11. The molecule has 0 bridgehead atoms. The summed E-state index contributed by atoms with van der Waals surface area (Å²) in [7, 11) is -3.63. The van der Waals surface area contributed by atoms with Crippen molar-refractivity contribution in [1.29, 1.82) is 0 Å². The first-order valence-electron chi connectivity index (χ1n) is 5.40. The molecule has 0 saturated heterocycles. The highest BCUT2D eigenvalue weighted by atomic mass is 32.2. The van der Waals surface area contributed by atoms with Gasteiger partial charge in [0, 0.05) is 11.7 Å². The van der Waals surface area contributed by atoms with E-state index >= 15 is 0 Å². The van der Waals surface area contributed by atoms with E-state index < -0.39 is 16.1 Å². The van der Waals surface area contributed by atoms with Gasteiger partial charge in [0.15, 0.2) is 0 Å². The average molecular weight is 258 g/mol. The normalized spacial score (nSPS) is 13.6. The van der Waals surface area contributed by atoms with Gasteiger partial charge >= 0.3 is 0 Å². The number of anilines is 1. The number of aliphatic hydroxyl groups is 1. The monoisotopic (exact) mass is 258 g/mol. The summed E-state index contributed by atoms with van der Waals surface area (Å²) in [6.45, 7) is 3.23. The molecule has 0 aliphatic carbocycles. The van der Waals surface area contributed by atoms with Gasteiger partial charge in [0.05, 0.1) is 11.5 Å². The molecule has 0 aliphatic heterocycles. The van der Waals surface area contributed by atoms with Crippen molar-refractivity contribution in [3.05, 3.63) is 23.8 Å². The van der Waals surface area contributed by atoms with Crippen molar-refractivity contribution in [1.82, 2.24) is 4.72 Å². The molecule has 1 atom stereocenters. The molecule has 0 saturated carbocycles. The molecule has 1 unspecified atom stereocenters. The summed E-state index contributed by atoms with van der Waals surface area (Å²) in [5.41, 5.74) is 6.63. The van der Waals surface area contributed by atoms with Crippen LogP contribution in [0.3, 0.4) is 0 Å². The van der Waals surface area contributed by atoms with E-state index in [1.165, 1.54) is 6.07 Å². The number of nitrogens with two attached hydrogens (primary N) is 1. The molecule has 1 aromatic carbocycles. The van der Waals surface area contributed by atoms with Gasteiger partial charge in [-0.15, -0.1) is 0 Å².